The van der Waals surface area contributed by atoms with Gasteiger partial charge in [0.1, 0.15) is 0 Å². The topological polar surface area (TPSA) is 32.7 Å². The van der Waals surface area contributed by atoms with Crippen molar-refractivity contribution in [1.82, 2.24) is 4.90 Å². The molecule has 0 saturated carbocycles. The molecule has 2 heterocycles. The largest absolute Gasteiger partial charge is 0.385 e. The minimum absolute atomic E-state index is 0.331. The fraction of sp³-hybridized carbons (Fsp3) is 0.529. The number of hydrogen-bond acceptors (Lipinski definition) is 3. The highest BCUT2D eigenvalue weighted by atomic mass is 16.5. The van der Waals surface area contributed by atoms with Crippen molar-refractivity contribution in [1.29, 1.82) is 0 Å². The molecule has 1 aromatic carbocycles. The van der Waals surface area contributed by atoms with Crippen LogP contribution in [0.2, 0.25) is 0 Å². The summed E-state index contributed by atoms with van der Waals surface area (Å²) >= 11 is 0. The number of fused-ring (bicyclic) bond motifs is 3. The van der Waals surface area contributed by atoms with E-state index >= 15 is 0 Å². The first-order valence-electron chi connectivity index (χ1n) is 7.48. The normalized spacial score (nSPS) is 36.1. The second kappa shape index (κ2) is 4.42. The maximum Gasteiger partial charge on any atom is 0.0931 e. The Morgan fingerprint density at radius 2 is 2.00 bits per heavy atom. The molecule has 1 aromatic rings. The van der Waals surface area contributed by atoms with Gasteiger partial charge in [-0.1, -0.05) is 30.4 Å². The van der Waals surface area contributed by atoms with E-state index in [2.05, 4.69) is 42.3 Å². The van der Waals surface area contributed by atoms with E-state index in [9.17, 15) is 5.11 Å². The third kappa shape index (κ3) is 1.77. The number of allylic oxidation sites excluding steroid dienone is 1. The number of rotatable bonds is 1. The molecular formula is C17H21NO2. The van der Waals surface area contributed by atoms with Crippen LogP contribution in [0.1, 0.15) is 29.5 Å². The summed E-state index contributed by atoms with van der Waals surface area (Å²) in [6.07, 6.45) is 6.86. The highest BCUT2D eigenvalue weighted by molar-refractivity contribution is 5.62. The van der Waals surface area contributed by atoms with Gasteiger partial charge in [-0.15, -0.1) is 0 Å². The van der Waals surface area contributed by atoms with E-state index in [0.29, 0.717) is 12.1 Å². The van der Waals surface area contributed by atoms with Gasteiger partial charge in [-0.3, -0.25) is 4.90 Å². The molecule has 0 radical (unpaired) electrons. The van der Waals surface area contributed by atoms with Gasteiger partial charge >= 0.3 is 0 Å². The Morgan fingerprint density at radius 1 is 1.25 bits per heavy atom. The molecular weight excluding hydrogens is 250 g/mol. The Hall–Kier alpha value is -1.16. The van der Waals surface area contributed by atoms with E-state index in [0.717, 1.165) is 38.0 Å². The fourth-order valence-electron chi connectivity index (χ4n) is 4.09. The summed E-state index contributed by atoms with van der Waals surface area (Å²) in [6, 6.07) is 7.00. The molecule has 2 bridgehead atoms. The summed E-state index contributed by atoms with van der Waals surface area (Å²) in [7, 11) is 2.16. The van der Waals surface area contributed by atoms with Crippen molar-refractivity contribution in [2.75, 3.05) is 20.3 Å². The van der Waals surface area contributed by atoms with E-state index in [1.165, 1.54) is 11.1 Å². The minimum atomic E-state index is -0.691. The minimum Gasteiger partial charge on any atom is -0.385 e. The van der Waals surface area contributed by atoms with Gasteiger partial charge in [0.2, 0.25) is 0 Å². The Morgan fingerprint density at radius 3 is 2.75 bits per heavy atom. The van der Waals surface area contributed by atoms with Crippen molar-refractivity contribution in [3.05, 3.63) is 41.0 Å². The van der Waals surface area contributed by atoms with Crippen molar-refractivity contribution in [3.63, 3.8) is 0 Å². The van der Waals surface area contributed by atoms with Crippen LogP contribution in [0, 0.1) is 0 Å². The van der Waals surface area contributed by atoms with Gasteiger partial charge in [0.25, 0.3) is 0 Å². The lowest BCUT2D eigenvalue weighted by Crippen LogP contribution is -2.59. The third-order valence-electron chi connectivity index (χ3n) is 5.25. The number of nitrogens with zero attached hydrogens (tertiary/aromatic N) is 1. The zero-order chi connectivity index (χ0) is 13.7. The van der Waals surface area contributed by atoms with Crippen LogP contribution < -0.4 is 0 Å². The lowest BCUT2D eigenvalue weighted by Gasteiger charge is -2.50. The lowest BCUT2D eigenvalue weighted by atomic mass is 9.75. The van der Waals surface area contributed by atoms with Gasteiger partial charge in [-0.05, 0) is 43.0 Å². The first-order chi connectivity index (χ1) is 9.67. The zero-order valence-electron chi connectivity index (χ0n) is 11.9. The Kier molecular flexibility index (Phi) is 2.78. The summed E-state index contributed by atoms with van der Waals surface area (Å²) in [5.41, 5.74) is 3.04. The van der Waals surface area contributed by atoms with E-state index in [-0.39, 0.29) is 0 Å². The standard InChI is InChI=1S/C17H21NO2/c1-18-13-8-17(19,9-14(18)11-20-10-13)16-7-3-5-12-4-2-6-15(12)16/h2-5,7,13-14,19H,6,8-11H2,1H3. The molecule has 2 unspecified atom stereocenters. The number of benzene rings is 1. The predicted octanol–water partition coefficient (Wildman–Crippen LogP) is 1.94. The van der Waals surface area contributed by atoms with Crippen LogP contribution in [-0.2, 0) is 16.8 Å². The monoisotopic (exact) mass is 271 g/mol. The third-order valence-corrected chi connectivity index (χ3v) is 5.25. The van der Waals surface area contributed by atoms with Crippen LogP contribution in [0.3, 0.4) is 0 Å². The van der Waals surface area contributed by atoms with Gasteiger partial charge < -0.3 is 9.84 Å². The molecule has 3 heteroatoms. The highest BCUT2D eigenvalue weighted by Crippen LogP contribution is 2.43. The second-order valence-corrected chi connectivity index (χ2v) is 6.43. The molecule has 0 aromatic heterocycles. The Bertz CT molecular complexity index is 552. The number of morpholine rings is 1. The summed E-state index contributed by atoms with van der Waals surface area (Å²) in [5.74, 6) is 0. The van der Waals surface area contributed by atoms with Crippen LogP contribution in [0.15, 0.2) is 24.3 Å². The number of piperidine rings is 1. The first kappa shape index (κ1) is 12.6. The SMILES string of the molecule is CN1C2COCC1CC(O)(c1cccc3c1CC=C3)C2. The predicted molar refractivity (Wildman–Crippen MR) is 78.5 cm³/mol. The van der Waals surface area contributed by atoms with Crippen LogP contribution >= 0.6 is 0 Å². The summed E-state index contributed by atoms with van der Waals surface area (Å²) in [5, 5.41) is 11.3. The number of aliphatic hydroxyl groups is 1. The summed E-state index contributed by atoms with van der Waals surface area (Å²) < 4.78 is 5.66. The molecule has 2 fully saturated rings. The molecule has 20 heavy (non-hydrogen) atoms. The molecule has 3 aliphatic rings. The quantitative estimate of drug-likeness (QED) is 0.847. The molecule has 2 saturated heterocycles. The lowest BCUT2D eigenvalue weighted by molar-refractivity contribution is -0.138. The molecule has 2 atom stereocenters. The van der Waals surface area contributed by atoms with Gasteiger partial charge in [0.15, 0.2) is 0 Å². The number of likely N-dealkylation sites (N-methyl/N-ethyl adjacent to an activating group) is 1. The van der Waals surface area contributed by atoms with Crippen LogP contribution in [0.25, 0.3) is 6.08 Å². The molecule has 0 spiro atoms. The zero-order valence-corrected chi connectivity index (χ0v) is 11.9. The van der Waals surface area contributed by atoms with Gasteiger partial charge in [0.05, 0.1) is 18.8 Å². The van der Waals surface area contributed by atoms with Crippen molar-refractivity contribution < 1.29 is 9.84 Å². The number of ether oxygens (including phenoxy) is 1. The van der Waals surface area contributed by atoms with Crippen molar-refractivity contribution in [3.8, 4) is 0 Å². The molecule has 3 nitrogen and oxygen atoms in total. The highest BCUT2D eigenvalue weighted by Gasteiger charge is 2.46. The summed E-state index contributed by atoms with van der Waals surface area (Å²) in [4.78, 5) is 2.39. The van der Waals surface area contributed by atoms with Gasteiger partial charge in [-0.25, -0.2) is 0 Å². The maximum atomic E-state index is 11.3. The van der Waals surface area contributed by atoms with Crippen LogP contribution in [0.4, 0.5) is 0 Å². The number of hydrogen-bond donors (Lipinski definition) is 1. The average molecular weight is 271 g/mol. The molecule has 0 amide bonds. The second-order valence-electron chi connectivity index (χ2n) is 6.43. The summed E-state index contributed by atoms with van der Waals surface area (Å²) in [6.45, 7) is 1.48. The maximum absolute atomic E-state index is 11.3. The molecule has 2 aliphatic heterocycles. The molecule has 4 rings (SSSR count). The molecule has 1 N–H and O–H groups in total. The van der Waals surface area contributed by atoms with Gasteiger partial charge in [0, 0.05) is 12.1 Å². The van der Waals surface area contributed by atoms with E-state index < -0.39 is 5.60 Å². The smallest absolute Gasteiger partial charge is 0.0931 e. The molecule has 106 valence electrons. The van der Waals surface area contributed by atoms with E-state index in [1.54, 1.807) is 0 Å². The van der Waals surface area contributed by atoms with Crippen LogP contribution in [-0.4, -0.2) is 42.4 Å². The van der Waals surface area contributed by atoms with E-state index in [4.69, 9.17) is 4.74 Å². The Labute approximate surface area is 119 Å². The Balaban J connectivity index is 1.73. The van der Waals surface area contributed by atoms with E-state index in [1.807, 2.05) is 0 Å². The first-order valence-corrected chi connectivity index (χ1v) is 7.48. The van der Waals surface area contributed by atoms with Crippen molar-refractivity contribution >= 4 is 6.08 Å². The molecule has 1 aliphatic carbocycles. The van der Waals surface area contributed by atoms with Crippen LogP contribution in [0.5, 0.6) is 0 Å². The van der Waals surface area contributed by atoms with Gasteiger partial charge in [-0.2, -0.15) is 0 Å². The average Bonchev–Trinajstić information content (AvgIpc) is 2.89. The van der Waals surface area contributed by atoms with Crippen molar-refractivity contribution in [2.45, 2.75) is 36.9 Å². The van der Waals surface area contributed by atoms with Crippen molar-refractivity contribution in [2.24, 2.45) is 0 Å². The fourth-order valence-corrected chi connectivity index (χ4v) is 4.09.